The average Bonchev–Trinajstić information content (AvgIpc) is 2.75. The van der Waals surface area contributed by atoms with Gasteiger partial charge in [-0.15, -0.1) is 0 Å². The highest BCUT2D eigenvalue weighted by Gasteiger charge is 2.20. The Kier molecular flexibility index (Phi) is 3.78. The number of hydrogen-bond donors (Lipinski definition) is 2. The maximum atomic E-state index is 12.5. The molecule has 123 valence electrons. The van der Waals surface area contributed by atoms with Gasteiger partial charge in [0.2, 0.25) is 0 Å². The van der Waals surface area contributed by atoms with E-state index in [1.54, 1.807) is 23.9 Å². The third kappa shape index (κ3) is 2.68. The molecule has 1 aliphatic rings. The molecule has 1 unspecified atom stereocenters. The van der Waals surface area contributed by atoms with Gasteiger partial charge in [-0.05, 0) is 37.2 Å². The predicted octanol–water partition coefficient (Wildman–Crippen LogP) is 2.29. The number of aromatic nitrogens is 3. The van der Waals surface area contributed by atoms with Crippen LogP contribution < -0.4 is 16.3 Å². The largest absolute Gasteiger partial charge is 0.355 e. The number of aryl methyl sites for hydroxylation is 1. The van der Waals surface area contributed by atoms with Gasteiger partial charge >= 0.3 is 5.69 Å². The lowest BCUT2D eigenvalue weighted by Crippen LogP contribution is -2.47. The monoisotopic (exact) mass is 342 g/mol. The van der Waals surface area contributed by atoms with Crippen LogP contribution in [0.25, 0.3) is 11.0 Å². The highest BCUT2D eigenvalue weighted by Crippen LogP contribution is 2.23. The highest BCUT2D eigenvalue weighted by atomic mass is 35.5. The van der Waals surface area contributed by atoms with Crippen LogP contribution in [-0.2, 0) is 13.6 Å². The van der Waals surface area contributed by atoms with E-state index in [2.05, 4.69) is 21.7 Å². The zero-order valence-electron chi connectivity index (χ0n) is 13.2. The van der Waals surface area contributed by atoms with Crippen molar-refractivity contribution in [3.05, 3.63) is 52.2 Å². The van der Waals surface area contributed by atoms with E-state index in [1.807, 2.05) is 22.8 Å². The van der Waals surface area contributed by atoms with Gasteiger partial charge in [0, 0.05) is 37.6 Å². The summed E-state index contributed by atoms with van der Waals surface area (Å²) in [5.41, 5.74) is 3.46. The Balaban J connectivity index is 1.73. The van der Waals surface area contributed by atoms with Crippen LogP contribution >= 0.6 is 11.6 Å². The first-order valence-corrected chi connectivity index (χ1v) is 8.23. The van der Waals surface area contributed by atoms with Gasteiger partial charge in [-0.1, -0.05) is 11.6 Å². The van der Waals surface area contributed by atoms with Gasteiger partial charge in [0.15, 0.2) is 0 Å². The minimum Gasteiger partial charge on any atom is -0.355 e. The van der Waals surface area contributed by atoms with Gasteiger partial charge < -0.3 is 10.6 Å². The fraction of sp³-hybridized carbons (Fsp3) is 0.294. The lowest BCUT2D eigenvalue weighted by Gasteiger charge is -2.27. The second-order valence-electron chi connectivity index (χ2n) is 5.99. The zero-order chi connectivity index (χ0) is 16.7. The average molecular weight is 343 g/mol. The summed E-state index contributed by atoms with van der Waals surface area (Å²) in [7, 11) is 1.80. The molecular weight excluding hydrogens is 326 g/mol. The maximum Gasteiger partial charge on any atom is 0.328 e. The van der Waals surface area contributed by atoms with Crippen LogP contribution in [0, 0.1) is 6.07 Å². The fourth-order valence-corrected chi connectivity index (χ4v) is 3.14. The summed E-state index contributed by atoms with van der Waals surface area (Å²) in [5, 5.41) is 6.91. The summed E-state index contributed by atoms with van der Waals surface area (Å²) in [4.78, 5) is 16.4. The summed E-state index contributed by atoms with van der Waals surface area (Å²) < 4.78 is 3.52. The number of pyridine rings is 1. The molecule has 1 atom stereocenters. The van der Waals surface area contributed by atoms with Crippen molar-refractivity contribution in [3.63, 3.8) is 0 Å². The first-order chi connectivity index (χ1) is 11.6. The fourth-order valence-electron chi connectivity index (χ4n) is 2.98. The van der Waals surface area contributed by atoms with E-state index in [0.29, 0.717) is 17.7 Å². The first-order valence-electron chi connectivity index (χ1n) is 7.85. The molecule has 4 rings (SSSR count). The number of imidazole rings is 1. The molecule has 1 radical (unpaired) electrons. The Morgan fingerprint density at radius 2 is 2.25 bits per heavy atom. The molecular formula is C17H17ClN5O. The molecule has 0 aliphatic carbocycles. The molecule has 0 amide bonds. The molecule has 0 spiro atoms. The maximum absolute atomic E-state index is 12.5. The van der Waals surface area contributed by atoms with Crippen molar-refractivity contribution >= 4 is 34.0 Å². The Morgan fingerprint density at radius 3 is 2.96 bits per heavy atom. The van der Waals surface area contributed by atoms with Crippen molar-refractivity contribution < 1.29 is 0 Å². The van der Waals surface area contributed by atoms with E-state index in [9.17, 15) is 4.79 Å². The summed E-state index contributed by atoms with van der Waals surface area (Å²) >= 11 is 5.87. The second kappa shape index (κ2) is 5.96. The lowest BCUT2D eigenvalue weighted by molar-refractivity contribution is 0.330. The van der Waals surface area contributed by atoms with Gasteiger partial charge in [0.25, 0.3) is 0 Å². The van der Waals surface area contributed by atoms with Crippen molar-refractivity contribution in [2.24, 2.45) is 7.05 Å². The van der Waals surface area contributed by atoms with E-state index in [-0.39, 0.29) is 5.69 Å². The van der Waals surface area contributed by atoms with Crippen LogP contribution in [0.15, 0.2) is 35.3 Å². The molecule has 1 aliphatic heterocycles. The molecule has 2 N–H and O–H groups in total. The van der Waals surface area contributed by atoms with Crippen LogP contribution in [0.3, 0.4) is 0 Å². The van der Waals surface area contributed by atoms with E-state index >= 15 is 0 Å². The quantitative estimate of drug-likeness (QED) is 0.714. The molecule has 6 nitrogen and oxygen atoms in total. The number of fused-ring (bicyclic) bond motifs is 1. The van der Waals surface area contributed by atoms with E-state index in [1.165, 1.54) is 0 Å². The predicted molar refractivity (Wildman–Crippen MR) is 95.0 cm³/mol. The van der Waals surface area contributed by atoms with Crippen molar-refractivity contribution in [2.75, 3.05) is 11.9 Å². The second-order valence-corrected chi connectivity index (χ2v) is 6.35. The van der Waals surface area contributed by atoms with Crippen LogP contribution in [-0.4, -0.2) is 26.7 Å². The van der Waals surface area contributed by atoms with Crippen molar-refractivity contribution in [3.8, 4) is 0 Å². The van der Waals surface area contributed by atoms with Crippen LogP contribution in [0.1, 0.15) is 6.42 Å². The summed E-state index contributed by atoms with van der Waals surface area (Å²) in [6.07, 6.45) is 2.73. The number of rotatable bonds is 4. The molecule has 7 heteroatoms. The topological polar surface area (TPSA) is 63.9 Å². The van der Waals surface area contributed by atoms with Gasteiger partial charge in [-0.3, -0.25) is 9.13 Å². The van der Waals surface area contributed by atoms with E-state index < -0.39 is 0 Å². The molecule has 1 fully saturated rings. The molecule has 1 saturated heterocycles. The Hall–Kier alpha value is -2.31. The number of nitrogens with one attached hydrogen (secondary N) is 2. The zero-order valence-corrected chi connectivity index (χ0v) is 14.0. The van der Waals surface area contributed by atoms with Crippen molar-refractivity contribution in [1.29, 1.82) is 0 Å². The van der Waals surface area contributed by atoms with Crippen LogP contribution in [0.5, 0.6) is 0 Å². The van der Waals surface area contributed by atoms with Gasteiger partial charge in [-0.2, -0.15) is 0 Å². The standard InChI is InChI=1S/C17H17ClN5O/c1-22-14-3-2-11(21-12-4-7-20-16(18)9-12)8-15(14)23(17(22)24)10-13-5-6-19-13/h2-4,7-8,13,19H,5-6,10H2,1H3,(H,20,21). The number of benzene rings is 1. The van der Waals surface area contributed by atoms with E-state index in [0.717, 1.165) is 35.4 Å². The Labute approximate surface area is 144 Å². The normalized spacial score (nSPS) is 17.0. The van der Waals surface area contributed by atoms with Gasteiger partial charge in [0.1, 0.15) is 5.15 Å². The highest BCUT2D eigenvalue weighted by molar-refractivity contribution is 6.29. The smallest absolute Gasteiger partial charge is 0.328 e. The molecule has 0 saturated carbocycles. The molecule has 2 aromatic heterocycles. The number of halogens is 1. The van der Waals surface area contributed by atoms with Crippen LogP contribution in [0.4, 0.5) is 11.4 Å². The number of nitrogens with zero attached hydrogens (tertiary/aromatic N) is 3. The number of anilines is 2. The third-order valence-corrected chi connectivity index (χ3v) is 4.61. The Bertz CT molecular complexity index is 957. The molecule has 24 heavy (non-hydrogen) atoms. The molecule has 3 heterocycles. The van der Waals surface area contributed by atoms with Gasteiger partial charge in [-0.25, -0.2) is 9.78 Å². The van der Waals surface area contributed by atoms with Gasteiger partial charge in [0.05, 0.1) is 16.7 Å². The molecule has 1 aromatic carbocycles. The summed E-state index contributed by atoms with van der Waals surface area (Å²) in [6, 6.07) is 11.0. The lowest BCUT2D eigenvalue weighted by atomic mass is 10.1. The minimum atomic E-state index is 0.00867. The number of hydrogen-bond acceptors (Lipinski definition) is 4. The van der Waals surface area contributed by atoms with Crippen LogP contribution in [0.2, 0.25) is 5.15 Å². The molecule has 0 bridgehead atoms. The Morgan fingerprint density at radius 1 is 1.42 bits per heavy atom. The van der Waals surface area contributed by atoms with E-state index in [4.69, 9.17) is 11.6 Å². The third-order valence-electron chi connectivity index (χ3n) is 4.42. The molecule has 3 aromatic rings. The summed E-state index contributed by atoms with van der Waals surface area (Å²) in [5.74, 6) is 0. The van der Waals surface area contributed by atoms with Crippen molar-refractivity contribution in [2.45, 2.75) is 19.0 Å². The summed E-state index contributed by atoms with van der Waals surface area (Å²) in [6.45, 7) is 1.71. The minimum absolute atomic E-state index is 0.00867. The van der Waals surface area contributed by atoms with Crippen molar-refractivity contribution in [1.82, 2.24) is 19.4 Å². The first kappa shape index (κ1) is 15.2. The SMILES string of the molecule is Cn1c(=O)n(CC2CCN2)c2cc(Nc3[c]c(Cl)ncc3)ccc21.